The normalized spacial score (nSPS) is 10.8. The van der Waals surface area contributed by atoms with Crippen LogP contribution in [0.25, 0.3) is 0 Å². The van der Waals surface area contributed by atoms with Crippen molar-refractivity contribution in [3.63, 3.8) is 0 Å². The SMILES string of the molecule is CCCOc1c(I)cc(/C=N\NC(=O)CNc2ccc(C)c(C)c2)cc1OC. The van der Waals surface area contributed by atoms with E-state index in [0.717, 1.165) is 27.0 Å². The first-order chi connectivity index (χ1) is 13.4. The molecule has 0 saturated carbocycles. The summed E-state index contributed by atoms with van der Waals surface area (Å²) in [5.41, 5.74) is 6.64. The second kappa shape index (κ2) is 10.9. The number of nitrogens with one attached hydrogen (secondary N) is 2. The van der Waals surface area contributed by atoms with Crippen molar-refractivity contribution in [3.05, 3.63) is 50.6 Å². The van der Waals surface area contributed by atoms with Crippen LogP contribution in [0.3, 0.4) is 0 Å². The summed E-state index contributed by atoms with van der Waals surface area (Å²) in [5, 5.41) is 7.12. The summed E-state index contributed by atoms with van der Waals surface area (Å²) in [6, 6.07) is 9.75. The summed E-state index contributed by atoms with van der Waals surface area (Å²) in [7, 11) is 1.60. The van der Waals surface area contributed by atoms with E-state index in [2.05, 4.69) is 52.3 Å². The Balaban J connectivity index is 1.93. The summed E-state index contributed by atoms with van der Waals surface area (Å²) < 4.78 is 12.1. The summed E-state index contributed by atoms with van der Waals surface area (Å²) >= 11 is 2.20. The number of methoxy groups -OCH3 is 1. The number of aryl methyl sites for hydroxylation is 2. The Morgan fingerprint density at radius 2 is 2.00 bits per heavy atom. The maximum atomic E-state index is 12.0. The van der Waals surface area contributed by atoms with E-state index in [4.69, 9.17) is 9.47 Å². The van der Waals surface area contributed by atoms with Crippen LogP contribution < -0.4 is 20.2 Å². The third-order valence-corrected chi connectivity index (χ3v) is 4.87. The second-order valence-corrected chi connectivity index (χ2v) is 7.49. The van der Waals surface area contributed by atoms with Gasteiger partial charge < -0.3 is 14.8 Å². The minimum atomic E-state index is -0.223. The van der Waals surface area contributed by atoms with Crippen LogP contribution in [0, 0.1) is 17.4 Å². The molecule has 28 heavy (non-hydrogen) atoms. The van der Waals surface area contributed by atoms with Gasteiger partial charge in [-0.3, -0.25) is 4.79 Å². The Kier molecular flexibility index (Phi) is 8.56. The Morgan fingerprint density at radius 3 is 2.68 bits per heavy atom. The monoisotopic (exact) mass is 495 g/mol. The van der Waals surface area contributed by atoms with E-state index in [1.54, 1.807) is 13.3 Å². The summed E-state index contributed by atoms with van der Waals surface area (Å²) in [5.74, 6) is 1.15. The molecule has 0 unspecified atom stereocenters. The van der Waals surface area contributed by atoms with Crippen LogP contribution in [0.15, 0.2) is 35.4 Å². The van der Waals surface area contributed by atoms with Gasteiger partial charge in [0.1, 0.15) is 0 Å². The number of carbonyl (C=O) groups excluding carboxylic acids is 1. The molecule has 0 spiro atoms. The van der Waals surface area contributed by atoms with Gasteiger partial charge in [0.15, 0.2) is 11.5 Å². The van der Waals surface area contributed by atoms with E-state index in [0.29, 0.717) is 12.4 Å². The van der Waals surface area contributed by atoms with Crippen molar-refractivity contribution in [1.82, 2.24) is 5.43 Å². The molecular weight excluding hydrogens is 469 g/mol. The highest BCUT2D eigenvalue weighted by atomic mass is 127. The highest BCUT2D eigenvalue weighted by Crippen LogP contribution is 2.33. The van der Waals surface area contributed by atoms with Gasteiger partial charge in [0.25, 0.3) is 5.91 Å². The minimum absolute atomic E-state index is 0.143. The summed E-state index contributed by atoms with van der Waals surface area (Å²) in [6.45, 7) is 6.92. The Morgan fingerprint density at radius 1 is 1.21 bits per heavy atom. The number of carbonyl (C=O) groups is 1. The van der Waals surface area contributed by atoms with Crippen molar-refractivity contribution < 1.29 is 14.3 Å². The van der Waals surface area contributed by atoms with Gasteiger partial charge in [-0.1, -0.05) is 13.0 Å². The number of hydrazone groups is 1. The topological polar surface area (TPSA) is 72.0 Å². The number of rotatable bonds is 9. The van der Waals surface area contributed by atoms with Gasteiger partial charge in [0.2, 0.25) is 0 Å². The molecule has 1 amide bonds. The minimum Gasteiger partial charge on any atom is -0.493 e. The Hall–Kier alpha value is -2.29. The van der Waals surface area contributed by atoms with Crippen LogP contribution in [0.1, 0.15) is 30.0 Å². The fourth-order valence-corrected chi connectivity index (χ4v) is 3.19. The molecular formula is C21H26IN3O3. The zero-order valence-corrected chi connectivity index (χ0v) is 18.8. The molecule has 0 aliphatic carbocycles. The Labute approximate surface area is 179 Å². The number of hydrogen-bond acceptors (Lipinski definition) is 5. The molecule has 0 aromatic heterocycles. The third-order valence-electron chi connectivity index (χ3n) is 4.07. The zero-order valence-electron chi connectivity index (χ0n) is 16.6. The van der Waals surface area contributed by atoms with Gasteiger partial charge in [-0.2, -0.15) is 5.10 Å². The molecule has 2 aromatic rings. The van der Waals surface area contributed by atoms with E-state index in [1.165, 1.54) is 11.1 Å². The van der Waals surface area contributed by atoms with Crippen LogP contribution in [0.2, 0.25) is 0 Å². The van der Waals surface area contributed by atoms with Crippen LogP contribution in [-0.4, -0.2) is 32.4 Å². The molecule has 0 radical (unpaired) electrons. The first-order valence-electron chi connectivity index (χ1n) is 9.08. The predicted octanol–water partition coefficient (Wildman–Crippen LogP) is 4.27. The average Bonchev–Trinajstić information content (AvgIpc) is 2.67. The third kappa shape index (κ3) is 6.40. The fourth-order valence-electron chi connectivity index (χ4n) is 2.41. The lowest BCUT2D eigenvalue weighted by atomic mass is 10.1. The summed E-state index contributed by atoms with van der Waals surface area (Å²) in [4.78, 5) is 12.0. The molecule has 2 N–H and O–H groups in total. The van der Waals surface area contributed by atoms with Crippen LogP contribution in [0.5, 0.6) is 11.5 Å². The molecule has 0 bridgehead atoms. The van der Waals surface area contributed by atoms with Crippen molar-refractivity contribution in [2.24, 2.45) is 5.10 Å². The number of benzene rings is 2. The first kappa shape index (κ1) is 22.0. The second-order valence-electron chi connectivity index (χ2n) is 6.33. The zero-order chi connectivity index (χ0) is 20.5. The lowest BCUT2D eigenvalue weighted by molar-refractivity contribution is -0.119. The Bertz CT molecular complexity index is 853. The number of anilines is 1. The molecule has 0 aliphatic rings. The smallest absolute Gasteiger partial charge is 0.259 e. The van der Waals surface area contributed by atoms with E-state index in [1.807, 2.05) is 37.3 Å². The van der Waals surface area contributed by atoms with Gasteiger partial charge in [-0.25, -0.2) is 5.43 Å². The van der Waals surface area contributed by atoms with Crippen molar-refractivity contribution in [2.45, 2.75) is 27.2 Å². The molecule has 6 nitrogen and oxygen atoms in total. The van der Waals surface area contributed by atoms with Crippen molar-refractivity contribution in [1.29, 1.82) is 0 Å². The number of nitrogens with zero attached hydrogens (tertiary/aromatic N) is 1. The molecule has 0 aliphatic heterocycles. The highest BCUT2D eigenvalue weighted by Gasteiger charge is 2.11. The lowest BCUT2D eigenvalue weighted by Crippen LogP contribution is -2.25. The van der Waals surface area contributed by atoms with E-state index in [-0.39, 0.29) is 12.5 Å². The molecule has 150 valence electrons. The van der Waals surface area contributed by atoms with Crippen LogP contribution >= 0.6 is 22.6 Å². The maximum absolute atomic E-state index is 12.0. The fraction of sp³-hybridized carbons (Fsp3) is 0.333. The van der Waals surface area contributed by atoms with E-state index in [9.17, 15) is 4.79 Å². The van der Waals surface area contributed by atoms with Crippen molar-refractivity contribution in [3.8, 4) is 11.5 Å². The number of halogens is 1. The first-order valence-corrected chi connectivity index (χ1v) is 10.2. The van der Waals surface area contributed by atoms with Gasteiger partial charge in [0, 0.05) is 5.69 Å². The highest BCUT2D eigenvalue weighted by molar-refractivity contribution is 14.1. The molecule has 0 heterocycles. The average molecular weight is 495 g/mol. The van der Waals surface area contributed by atoms with E-state index >= 15 is 0 Å². The number of ether oxygens (including phenoxy) is 2. The number of amides is 1. The van der Waals surface area contributed by atoms with Crippen molar-refractivity contribution in [2.75, 3.05) is 25.6 Å². The summed E-state index contributed by atoms with van der Waals surface area (Å²) in [6.07, 6.45) is 2.51. The molecule has 2 aromatic carbocycles. The van der Waals surface area contributed by atoms with Gasteiger partial charge in [0.05, 0.1) is 30.0 Å². The largest absolute Gasteiger partial charge is 0.493 e. The predicted molar refractivity (Wildman–Crippen MR) is 122 cm³/mol. The van der Waals surface area contributed by atoms with E-state index < -0.39 is 0 Å². The number of hydrogen-bond donors (Lipinski definition) is 2. The molecule has 0 fully saturated rings. The van der Waals surface area contributed by atoms with Gasteiger partial charge >= 0.3 is 0 Å². The maximum Gasteiger partial charge on any atom is 0.259 e. The van der Waals surface area contributed by atoms with Gasteiger partial charge in [-0.15, -0.1) is 0 Å². The molecule has 0 atom stereocenters. The molecule has 2 rings (SSSR count). The standard InChI is InChI=1S/C21H26IN3O3/c1-5-8-28-21-18(22)10-16(11-19(21)27-4)12-24-25-20(26)13-23-17-7-6-14(2)15(3)9-17/h6-7,9-12,23H,5,8,13H2,1-4H3,(H,25,26)/b24-12-. The van der Waals surface area contributed by atoms with Crippen LogP contribution in [0.4, 0.5) is 5.69 Å². The molecule has 0 saturated heterocycles. The lowest BCUT2D eigenvalue weighted by Gasteiger charge is -2.12. The van der Waals surface area contributed by atoms with Gasteiger partial charge in [-0.05, 0) is 83.8 Å². The van der Waals surface area contributed by atoms with Crippen molar-refractivity contribution >= 4 is 40.4 Å². The molecule has 7 heteroatoms. The van der Waals surface area contributed by atoms with Crippen LogP contribution in [-0.2, 0) is 4.79 Å². The quantitative estimate of drug-likeness (QED) is 0.310.